The molecule has 1 heterocycles. The first-order chi connectivity index (χ1) is 7.63. The molecular weight excluding hydrogens is 198 g/mol. The molecule has 0 aliphatic heterocycles. The van der Waals surface area contributed by atoms with Gasteiger partial charge in [-0.3, -0.25) is 0 Å². The summed E-state index contributed by atoms with van der Waals surface area (Å²) in [6, 6.07) is 2.58. The molecule has 1 atom stereocenters. The van der Waals surface area contributed by atoms with Crippen molar-refractivity contribution >= 4 is 5.82 Å². The van der Waals surface area contributed by atoms with Crippen LogP contribution < -0.4 is 5.32 Å². The fraction of sp³-hybridized carbons (Fsp3) is 0.769. The van der Waals surface area contributed by atoms with Crippen LogP contribution in [0.25, 0.3) is 0 Å². The van der Waals surface area contributed by atoms with Gasteiger partial charge in [-0.05, 0) is 32.1 Å². The van der Waals surface area contributed by atoms with Gasteiger partial charge in [0.1, 0.15) is 5.82 Å². The lowest BCUT2D eigenvalue weighted by Crippen LogP contribution is -2.18. The molecule has 1 aromatic rings. The van der Waals surface area contributed by atoms with Crippen molar-refractivity contribution < 1.29 is 0 Å². The molecule has 0 aliphatic carbocycles. The maximum absolute atomic E-state index is 4.31. The number of aryl methyl sites for hydroxylation is 1. The maximum atomic E-state index is 4.31. The molecule has 3 nitrogen and oxygen atoms in total. The Morgan fingerprint density at radius 2 is 2.06 bits per heavy atom. The molecule has 0 saturated heterocycles. The van der Waals surface area contributed by atoms with E-state index in [4.69, 9.17) is 0 Å². The van der Waals surface area contributed by atoms with Gasteiger partial charge in [-0.1, -0.05) is 20.8 Å². The van der Waals surface area contributed by atoms with Gasteiger partial charge in [0.2, 0.25) is 0 Å². The Morgan fingerprint density at radius 3 is 2.69 bits per heavy atom. The van der Waals surface area contributed by atoms with Crippen molar-refractivity contribution in [1.29, 1.82) is 0 Å². The molecule has 3 heteroatoms. The van der Waals surface area contributed by atoms with E-state index < -0.39 is 0 Å². The zero-order chi connectivity index (χ0) is 12.0. The zero-order valence-electron chi connectivity index (χ0n) is 11.0. The van der Waals surface area contributed by atoms with Gasteiger partial charge < -0.3 is 5.32 Å². The van der Waals surface area contributed by atoms with E-state index in [0.717, 1.165) is 24.7 Å². The van der Waals surface area contributed by atoms with Crippen LogP contribution in [0.2, 0.25) is 0 Å². The van der Waals surface area contributed by atoms with E-state index in [9.17, 15) is 0 Å². The lowest BCUT2D eigenvalue weighted by Gasteiger charge is -2.17. The summed E-state index contributed by atoms with van der Waals surface area (Å²) in [6.07, 6.45) is 5.48. The molecule has 1 rings (SSSR count). The molecule has 0 radical (unpaired) electrons. The molecule has 16 heavy (non-hydrogen) atoms. The number of aromatic nitrogens is 2. The van der Waals surface area contributed by atoms with Crippen molar-refractivity contribution in [3.8, 4) is 0 Å². The quantitative estimate of drug-likeness (QED) is 0.766. The van der Waals surface area contributed by atoms with Crippen LogP contribution in [0.4, 0.5) is 5.82 Å². The van der Waals surface area contributed by atoms with Gasteiger partial charge in [-0.2, -0.15) is 5.10 Å². The van der Waals surface area contributed by atoms with E-state index in [2.05, 4.69) is 44.2 Å². The molecule has 0 saturated carbocycles. The number of anilines is 1. The Hall–Kier alpha value is -0.990. The van der Waals surface area contributed by atoms with Crippen LogP contribution in [0.15, 0.2) is 12.3 Å². The first-order valence-electron chi connectivity index (χ1n) is 6.41. The third-order valence-corrected chi connectivity index (χ3v) is 2.72. The molecule has 0 bridgehead atoms. The van der Waals surface area contributed by atoms with Crippen molar-refractivity contribution in [1.82, 2.24) is 9.78 Å². The van der Waals surface area contributed by atoms with E-state index >= 15 is 0 Å². The van der Waals surface area contributed by atoms with Gasteiger partial charge in [-0.15, -0.1) is 0 Å². The summed E-state index contributed by atoms with van der Waals surface area (Å²) in [6.45, 7) is 9.95. The smallest absolute Gasteiger partial charge is 0.124 e. The molecule has 0 aromatic carbocycles. The van der Waals surface area contributed by atoms with Crippen LogP contribution in [0.3, 0.4) is 0 Å². The Kier molecular flexibility index (Phi) is 5.36. The van der Waals surface area contributed by atoms with Crippen molar-refractivity contribution in [2.75, 3.05) is 5.32 Å². The number of nitrogens with zero attached hydrogens (tertiary/aromatic N) is 2. The normalized spacial score (nSPS) is 13.1. The second-order valence-electron chi connectivity index (χ2n) is 4.96. The summed E-state index contributed by atoms with van der Waals surface area (Å²) >= 11 is 0. The predicted octanol–water partition coefficient (Wildman–Crippen LogP) is 3.53. The van der Waals surface area contributed by atoms with Crippen LogP contribution in [0, 0.1) is 5.92 Å². The highest BCUT2D eigenvalue weighted by molar-refractivity contribution is 5.34. The third-order valence-electron chi connectivity index (χ3n) is 2.72. The summed E-state index contributed by atoms with van der Waals surface area (Å²) in [5.74, 6) is 1.93. The molecule has 1 N–H and O–H groups in total. The zero-order valence-corrected chi connectivity index (χ0v) is 11.0. The van der Waals surface area contributed by atoms with E-state index in [1.165, 1.54) is 12.8 Å². The minimum atomic E-state index is 0.523. The van der Waals surface area contributed by atoms with Gasteiger partial charge in [0, 0.05) is 18.7 Å². The number of rotatable bonds is 7. The van der Waals surface area contributed by atoms with Crippen molar-refractivity contribution in [2.45, 2.75) is 59.5 Å². The maximum Gasteiger partial charge on any atom is 0.124 e. The molecular formula is C13H25N3. The predicted molar refractivity (Wildman–Crippen MR) is 69.7 cm³/mol. The van der Waals surface area contributed by atoms with Crippen LogP contribution >= 0.6 is 0 Å². The van der Waals surface area contributed by atoms with E-state index in [1.54, 1.807) is 0 Å². The van der Waals surface area contributed by atoms with Crippen LogP contribution in [0.5, 0.6) is 0 Å². The van der Waals surface area contributed by atoms with Gasteiger partial charge >= 0.3 is 0 Å². The largest absolute Gasteiger partial charge is 0.368 e. The molecule has 1 aromatic heterocycles. The fourth-order valence-corrected chi connectivity index (χ4v) is 1.75. The van der Waals surface area contributed by atoms with Crippen molar-refractivity contribution in [2.24, 2.45) is 5.92 Å². The van der Waals surface area contributed by atoms with E-state index in [0.29, 0.717) is 6.04 Å². The van der Waals surface area contributed by atoms with Crippen molar-refractivity contribution in [3.05, 3.63) is 12.3 Å². The van der Waals surface area contributed by atoms with Gasteiger partial charge in [0.25, 0.3) is 0 Å². The Bertz CT molecular complexity index is 291. The molecule has 0 aliphatic rings. The number of nitrogens with one attached hydrogen (secondary N) is 1. The Labute approximate surface area is 99.2 Å². The fourth-order valence-electron chi connectivity index (χ4n) is 1.75. The molecule has 0 fully saturated rings. The van der Waals surface area contributed by atoms with Gasteiger partial charge in [-0.25, -0.2) is 4.68 Å². The average Bonchev–Trinajstić information content (AvgIpc) is 2.63. The monoisotopic (exact) mass is 223 g/mol. The topological polar surface area (TPSA) is 29.9 Å². The van der Waals surface area contributed by atoms with Crippen molar-refractivity contribution in [3.63, 3.8) is 0 Å². The summed E-state index contributed by atoms with van der Waals surface area (Å²) in [4.78, 5) is 0. The van der Waals surface area contributed by atoms with Crippen LogP contribution in [-0.2, 0) is 6.54 Å². The van der Waals surface area contributed by atoms with Gasteiger partial charge in [0.15, 0.2) is 0 Å². The summed E-state index contributed by atoms with van der Waals surface area (Å²) in [5.41, 5.74) is 0. The minimum absolute atomic E-state index is 0.523. The molecule has 92 valence electrons. The molecule has 0 spiro atoms. The van der Waals surface area contributed by atoms with E-state index in [1.807, 2.05) is 10.9 Å². The summed E-state index contributed by atoms with van der Waals surface area (Å²) < 4.78 is 2.05. The standard InChI is InChI=1S/C13H25N3/c1-5-10-16-13(8-9-14-16)15-12(4)7-6-11(2)3/h8-9,11-12,15H,5-7,10H2,1-4H3. The van der Waals surface area contributed by atoms with Crippen LogP contribution in [-0.4, -0.2) is 15.8 Å². The highest BCUT2D eigenvalue weighted by Crippen LogP contribution is 2.13. The van der Waals surface area contributed by atoms with Crippen LogP contribution in [0.1, 0.15) is 47.0 Å². The first-order valence-corrected chi connectivity index (χ1v) is 6.41. The second kappa shape index (κ2) is 6.56. The van der Waals surface area contributed by atoms with Gasteiger partial charge in [0.05, 0.1) is 6.20 Å². The molecule has 0 amide bonds. The SMILES string of the molecule is CCCn1nccc1NC(C)CCC(C)C. The lowest BCUT2D eigenvalue weighted by molar-refractivity contribution is 0.522. The number of hydrogen-bond donors (Lipinski definition) is 1. The number of hydrogen-bond acceptors (Lipinski definition) is 2. The summed E-state index contributed by atoms with van der Waals surface area (Å²) in [7, 11) is 0. The highest BCUT2D eigenvalue weighted by atomic mass is 15.3. The Morgan fingerprint density at radius 1 is 1.31 bits per heavy atom. The highest BCUT2D eigenvalue weighted by Gasteiger charge is 2.06. The first kappa shape index (κ1) is 13.1. The van der Waals surface area contributed by atoms with E-state index in [-0.39, 0.29) is 0 Å². The molecule has 1 unspecified atom stereocenters. The second-order valence-corrected chi connectivity index (χ2v) is 4.96. The third kappa shape index (κ3) is 4.25. The average molecular weight is 223 g/mol. The lowest BCUT2D eigenvalue weighted by atomic mass is 10.0. The minimum Gasteiger partial charge on any atom is -0.368 e. The summed E-state index contributed by atoms with van der Waals surface area (Å²) in [5, 5.41) is 7.84. The Balaban J connectivity index is 2.42.